The molecule has 1 aliphatic rings. The Bertz CT molecular complexity index is 801. The molecule has 11 heteroatoms. The van der Waals surface area contributed by atoms with Crippen LogP contribution < -0.4 is 11.0 Å². The standard InChI is InChI=1S/C12H15N5O6/c1-4(19)15-9-6-10(14-3-13-9)17(12(22)16-6)11-8(21)7(20)5(2-18)23-11/h3,5,7-8,11,18,20-21H,2H2,1H3,(H,16,22)(H,13,14,15,19). The van der Waals surface area contributed by atoms with Crippen LogP contribution in [0.3, 0.4) is 0 Å². The molecule has 0 radical (unpaired) electrons. The minimum Gasteiger partial charge on any atom is -0.394 e. The number of aromatic amines is 1. The molecule has 5 N–H and O–H groups in total. The first-order valence-electron chi connectivity index (χ1n) is 6.79. The van der Waals surface area contributed by atoms with Gasteiger partial charge in [-0.1, -0.05) is 0 Å². The second-order valence-corrected chi connectivity index (χ2v) is 5.13. The number of ether oxygens (including phenoxy) is 1. The molecule has 0 aromatic carbocycles. The van der Waals surface area contributed by atoms with Gasteiger partial charge in [-0.25, -0.2) is 19.3 Å². The monoisotopic (exact) mass is 325 g/mol. The van der Waals surface area contributed by atoms with Crippen molar-refractivity contribution in [3.05, 3.63) is 16.8 Å². The summed E-state index contributed by atoms with van der Waals surface area (Å²) in [5.74, 6) is -0.281. The molecule has 2 aromatic rings. The minimum absolute atomic E-state index is 0.0867. The Labute approximate surface area is 128 Å². The number of imidazole rings is 1. The highest BCUT2D eigenvalue weighted by atomic mass is 16.6. The van der Waals surface area contributed by atoms with E-state index in [0.717, 1.165) is 10.9 Å². The van der Waals surface area contributed by atoms with E-state index in [2.05, 4.69) is 20.3 Å². The maximum atomic E-state index is 12.2. The summed E-state index contributed by atoms with van der Waals surface area (Å²) in [4.78, 5) is 33.7. The van der Waals surface area contributed by atoms with Gasteiger partial charge in [0.25, 0.3) is 0 Å². The Balaban J connectivity index is 2.10. The van der Waals surface area contributed by atoms with E-state index < -0.39 is 36.8 Å². The number of fused-ring (bicyclic) bond motifs is 1. The Morgan fingerprint density at radius 2 is 2.17 bits per heavy atom. The molecule has 0 saturated carbocycles. The first-order valence-corrected chi connectivity index (χ1v) is 6.79. The zero-order valence-corrected chi connectivity index (χ0v) is 12.0. The molecule has 4 atom stereocenters. The molecule has 1 amide bonds. The third-order valence-electron chi connectivity index (χ3n) is 3.57. The van der Waals surface area contributed by atoms with E-state index in [4.69, 9.17) is 9.84 Å². The lowest BCUT2D eigenvalue weighted by Crippen LogP contribution is -2.34. The normalized spacial score (nSPS) is 27.5. The van der Waals surface area contributed by atoms with Gasteiger partial charge in [0.05, 0.1) is 6.61 Å². The molecule has 0 aliphatic carbocycles. The molecule has 4 unspecified atom stereocenters. The minimum atomic E-state index is -1.43. The number of amides is 1. The van der Waals surface area contributed by atoms with Gasteiger partial charge in [0, 0.05) is 6.92 Å². The molecule has 0 spiro atoms. The third kappa shape index (κ3) is 2.49. The average Bonchev–Trinajstić information content (AvgIpc) is 2.97. The van der Waals surface area contributed by atoms with E-state index in [1.807, 2.05) is 0 Å². The number of carbonyl (C=O) groups excluding carboxylic acids is 1. The zero-order valence-electron chi connectivity index (χ0n) is 12.0. The highest BCUT2D eigenvalue weighted by Crippen LogP contribution is 2.30. The summed E-state index contributed by atoms with van der Waals surface area (Å²) in [6, 6.07) is 0. The van der Waals surface area contributed by atoms with Crippen molar-refractivity contribution in [3.8, 4) is 0 Å². The van der Waals surface area contributed by atoms with Crippen LogP contribution in [-0.2, 0) is 9.53 Å². The van der Waals surface area contributed by atoms with Crippen molar-refractivity contribution in [2.75, 3.05) is 11.9 Å². The molecule has 11 nitrogen and oxygen atoms in total. The van der Waals surface area contributed by atoms with Gasteiger partial charge in [-0.05, 0) is 0 Å². The molecule has 1 fully saturated rings. The number of aliphatic hydroxyl groups excluding tert-OH is 3. The maximum absolute atomic E-state index is 12.2. The lowest BCUT2D eigenvalue weighted by molar-refractivity contribution is -0.114. The predicted octanol–water partition coefficient (Wildman–Crippen LogP) is -2.31. The van der Waals surface area contributed by atoms with Crippen LogP contribution >= 0.6 is 0 Å². The number of H-pyrrole nitrogens is 1. The molecule has 0 bridgehead atoms. The molecule has 1 aliphatic heterocycles. The summed E-state index contributed by atoms with van der Waals surface area (Å²) in [5.41, 5.74) is -0.420. The Morgan fingerprint density at radius 3 is 2.78 bits per heavy atom. The zero-order chi connectivity index (χ0) is 16.7. The van der Waals surface area contributed by atoms with Gasteiger partial charge in [-0.15, -0.1) is 0 Å². The van der Waals surface area contributed by atoms with E-state index in [-0.39, 0.29) is 22.9 Å². The lowest BCUT2D eigenvalue weighted by atomic mass is 10.1. The Kier molecular flexibility index (Phi) is 3.85. The maximum Gasteiger partial charge on any atom is 0.330 e. The smallest absolute Gasteiger partial charge is 0.330 e. The van der Waals surface area contributed by atoms with Crippen LogP contribution in [0.2, 0.25) is 0 Å². The third-order valence-corrected chi connectivity index (χ3v) is 3.57. The summed E-state index contributed by atoms with van der Waals surface area (Å²) >= 11 is 0. The van der Waals surface area contributed by atoms with E-state index in [1.165, 1.54) is 6.92 Å². The number of hydrogen-bond acceptors (Lipinski definition) is 8. The van der Waals surface area contributed by atoms with Crippen molar-refractivity contribution in [2.45, 2.75) is 31.5 Å². The number of carbonyl (C=O) groups is 1. The average molecular weight is 325 g/mol. The number of aromatic nitrogens is 4. The summed E-state index contributed by atoms with van der Waals surface area (Å²) in [6.45, 7) is 0.771. The second-order valence-electron chi connectivity index (χ2n) is 5.13. The van der Waals surface area contributed by atoms with E-state index in [0.29, 0.717) is 0 Å². The molecule has 3 heterocycles. The van der Waals surface area contributed by atoms with E-state index >= 15 is 0 Å². The van der Waals surface area contributed by atoms with Crippen molar-refractivity contribution in [3.63, 3.8) is 0 Å². The van der Waals surface area contributed by atoms with Crippen LogP contribution in [0.5, 0.6) is 0 Å². The first kappa shape index (κ1) is 15.6. The van der Waals surface area contributed by atoms with Crippen molar-refractivity contribution in [1.29, 1.82) is 0 Å². The molecule has 3 rings (SSSR count). The molecule has 1 saturated heterocycles. The molecule has 23 heavy (non-hydrogen) atoms. The van der Waals surface area contributed by atoms with Crippen LogP contribution in [0.1, 0.15) is 13.2 Å². The van der Waals surface area contributed by atoms with Gasteiger partial charge >= 0.3 is 5.69 Å². The van der Waals surface area contributed by atoms with Crippen molar-refractivity contribution in [2.24, 2.45) is 0 Å². The number of rotatable bonds is 3. The largest absolute Gasteiger partial charge is 0.394 e. The molecule has 124 valence electrons. The van der Waals surface area contributed by atoms with Gasteiger partial charge < -0.3 is 30.4 Å². The van der Waals surface area contributed by atoms with E-state index in [9.17, 15) is 19.8 Å². The summed E-state index contributed by atoms with van der Waals surface area (Å²) in [5, 5.41) is 31.5. The number of hydrogen-bond donors (Lipinski definition) is 5. The summed E-state index contributed by atoms with van der Waals surface area (Å²) in [6.07, 6.45) is -3.90. The van der Waals surface area contributed by atoms with Crippen molar-refractivity contribution < 1.29 is 24.9 Å². The predicted molar refractivity (Wildman–Crippen MR) is 75.5 cm³/mol. The van der Waals surface area contributed by atoms with Gasteiger partial charge in [0.2, 0.25) is 5.91 Å². The Morgan fingerprint density at radius 1 is 1.43 bits per heavy atom. The fraction of sp³-hybridized carbons (Fsp3) is 0.500. The SMILES string of the molecule is CC(=O)Nc1ncnc2c1[nH]c(=O)n2C1OC(CO)C(O)C1O. The highest BCUT2D eigenvalue weighted by molar-refractivity contribution is 5.95. The number of nitrogens with one attached hydrogen (secondary N) is 2. The lowest BCUT2D eigenvalue weighted by Gasteiger charge is -2.15. The highest BCUT2D eigenvalue weighted by Gasteiger charge is 2.44. The number of anilines is 1. The van der Waals surface area contributed by atoms with Crippen molar-refractivity contribution in [1.82, 2.24) is 19.5 Å². The quantitative estimate of drug-likeness (QED) is 0.420. The number of nitrogens with zero attached hydrogens (tertiary/aromatic N) is 3. The second kappa shape index (κ2) is 5.70. The van der Waals surface area contributed by atoms with Gasteiger partial charge in [-0.3, -0.25) is 4.79 Å². The molecular formula is C12H15N5O6. The Hall–Kier alpha value is -2.34. The number of aliphatic hydroxyl groups is 3. The molecular weight excluding hydrogens is 310 g/mol. The van der Waals surface area contributed by atoms with Gasteiger partial charge in [0.15, 0.2) is 17.7 Å². The van der Waals surface area contributed by atoms with Crippen LogP contribution in [0, 0.1) is 0 Å². The fourth-order valence-electron chi connectivity index (χ4n) is 2.53. The topological polar surface area (TPSA) is 163 Å². The first-order chi connectivity index (χ1) is 10.9. The van der Waals surface area contributed by atoms with Crippen LogP contribution in [0.15, 0.2) is 11.1 Å². The van der Waals surface area contributed by atoms with Crippen LogP contribution in [0.25, 0.3) is 11.2 Å². The molecule has 2 aromatic heterocycles. The van der Waals surface area contributed by atoms with Gasteiger partial charge in [0.1, 0.15) is 30.2 Å². The van der Waals surface area contributed by atoms with Gasteiger partial charge in [-0.2, -0.15) is 0 Å². The van der Waals surface area contributed by atoms with Crippen molar-refractivity contribution >= 4 is 22.9 Å². The summed E-state index contributed by atoms with van der Waals surface area (Å²) < 4.78 is 6.34. The fourth-order valence-corrected chi connectivity index (χ4v) is 2.53. The summed E-state index contributed by atoms with van der Waals surface area (Å²) in [7, 11) is 0. The van der Waals surface area contributed by atoms with Crippen LogP contribution in [0.4, 0.5) is 5.82 Å². The van der Waals surface area contributed by atoms with E-state index in [1.54, 1.807) is 0 Å². The van der Waals surface area contributed by atoms with Crippen LogP contribution in [-0.4, -0.2) is 65.7 Å².